The van der Waals surface area contributed by atoms with Crippen LogP contribution in [0, 0.1) is 19.3 Å². The minimum absolute atomic E-state index is 0.813. The van der Waals surface area contributed by atoms with Crippen molar-refractivity contribution >= 4 is 0 Å². The molecule has 0 saturated heterocycles. The molecule has 2 rings (SSSR count). The lowest BCUT2D eigenvalue weighted by atomic mass is 10.0. The first kappa shape index (κ1) is 9.48. The van der Waals surface area contributed by atoms with E-state index >= 15 is 0 Å². The highest BCUT2D eigenvalue weighted by Gasteiger charge is 1.98. The number of pyridine rings is 1. The number of rotatable bonds is 1. The molecule has 0 N–H and O–H groups in total. The Bertz CT molecular complexity index is 504. The largest absolute Gasteiger partial charge is 0.263 e. The number of hydrogen-bond acceptors (Lipinski definition) is 1. The van der Waals surface area contributed by atoms with Gasteiger partial charge in [-0.3, -0.25) is 4.98 Å². The zero-order chi connectivity index (χ0) is 10.7. The molecule has 1 aromatic carbocycles. The van der Waals surface area contributed by atoms with Gasteiger partial charge in [0.1, 0.15) is 0 Å². The molecule has 72 valence electrons. The lowest BCUT2D eigenvalue weighted by Gasteiger charge is -2.01. The maximum Gasteiger partial charge on any atom is 0.0432 e. The van der Waals surface area contributed by atoms with Crippen molar-refractivity contribution in [3.8, 4) is 23.5 Å². The summed E-state index contributed by atoms with van der Waals surface area (Å²) in [7, 11) is 0. The van der Waals surface area contributed by atoms with Gasteiger partial charge in [0, 0.05) is 23.5 Å². The van der Waals surface area contributed by atoms with Gasteiger partial charge in [-0.1, -0.05) is 35.7 Å². The number of benzene rings is 1. The molecule has 0 saturated carbocycles. The van der Waals surface area contributed by atoms with Crippen LogP contribution in [0.3, 0.4) is 0 Å². The van der Waals surface area contributed by atoms with Crippen LogP contribution in [0.4, 0.5) is 0 Å². The zero-order valence-corrected chi connectivity index (χ0v) is 8.57. The van der Waals surface area contributed by atoms with E-state index in [-0.39, 0.29) is 0 Å². The van der Waals surface area contributed by atoms with E-state index < -0.39 is 0 Å². The maximum absolute atomic E-state index is 5.33. The van der Waals surface area contributed by atoms with E-state index in [1.54, 1.807) is 6.20 Å². The molecule has 0 radical (unpaired) electrons. The maximum atomic E-state index is 5.33. The van der Waals surface area contributed by atoms with Crippen LogP contribution < -0.4 is 0 Å². The van der Waals surface area contributed by atoms with Crippen LogP contribution in [-0.2, 0) is 0 Å². The minimum Gasteiger partial charge on any atom is -0.263 e. The van der Waals surface area contributed by atoms with E-state index in [1.807, 2.05) is 12.3 Å². The third kappa shape index (κ3) is 2.05. The molecular formula is C14H11N. The second-order valence-electron chi connectivity index (χ2n) is 3.47. The molecule has 2 aromatic rings. The van der Waals surface area contributed by atoms with Gasteiger partial charge in [-0.05, 0) is 18.6 Å². The highest BCUT2D eigenvalue weighted by Crippen LogP contribution is 2.19. The molecule has 0 atom stereocenters. The first-order valence-corrected chi connectivity index (χ1v) is 4.78. The summed E-state index contributed by atoms with van der Waals surface area (Å²) in [6.45, 7) is 2.07. The van der Waals surface area contributed by atoms with Gasteiger partial charge < -0.3 is 0 Å². The predicted molar refractivity (Wildman–Crippen MR) is 62.3 cm³/mol. The molecule has 0 aliphatic heterocycles. The molecule has 0 bridgehead atoms. The Morgan fingerprint density at radius 2 is 1.80 bits per heavy atom. The molecule has 0 aliphatic rings. The van der Waals surface area contributed by atoms with E-state index in [0.29, 0.717) is 0 Å². The van der Waals surface area contributed by atoms with Gasteiger partial charge in [-0.25, -0.2) is 0 Å². The van der Waals surface area contributed by atoms with Gasteiger partial charge in [0.05, 0.1) is 0 Å². The van der Waals surface area contributed by atoms with Crippen LogP contribution in [0.25, 0.3) is 11.1 Å². The molecule has 1 aromatic heterocycles. The number of aromatic nitrogens is 1. The second-order valence-corrected chi connectivity index (χ2v) is 3.47. The quantitative estimate of drug-likeness (QED) is 0.634. The van der Waals surface area contributed by atoms with Gasteiger partial charge in [-0.15, -0.1) is 6.42 Å². The normalized spacial score (nSPS) is 9.60. The van der Waals surface area contributed by atoms with E-state index in [2.05, 4.69) is 42.1 Å². The Morgan fingerprint density at radius 3 is 2.47 bits per heavy atom. The third-order valence-electron chi connectivity index (χ3n) is 2.29. The van der Waals surface area contributed by atoms with Crippen molar-refractivity contribution in [2.45, 2.75) is 6.92 Å². The molecule has 0 amide bonds. The van der Waals surface area contributed by atoms with Gasteiger partial charge in [-0.2, -0.15) is 0 Å². The molecule has 0 fully saturated rings. The molecule has 0 unspecified atom stereocenters. The van der Waals surface area contributed by atoms with Gasteiger partial charge in [0.25, 0.3) is 0 Å². The van der Waals surface area contributed by atoms with Crippen molar-refractivity contribution in [3.63, 3.8) is 0 Å². The Hall–Kier alpha value is -2.07. The fourth-order valence-electron chi connectivity index (χ4n) is 1.42. The van der Waals surface area contributed by atoms with Crippen molar-refractivity contribution in [2.24, 2.45) is 0 Å². The SMILES string of the molecule is C#Cc1cncc(-c2ccc(C)cc2)c1. The number of nitrogens with zero attached hydrogens (tertiary/aromatic N) is 1. The molecule has 15 heavy (non-hydrogen) atoms. The van der Waals surface area contributed by atoms with Crippen LogP contribution in [0.5, 0.6) is 0 Å². The van der Waals surface area contributed by atoms with E-state index in [4.69, 9.17) is 6.42 Å². The lowest BCUT2D eigenvalue weighted by molar-refractivity contribution is 1.31. The Morgan fingerprint density at radius 1 is 1.07 bits per heavy atom. The molecule has 1 heteroatoms. The minimum atomic E-state index is 0.813. The summed E-state index contributed by atoms with van der Waals surface area (Å²) in [6, 6.07) is 10.3. The van der Waals surface area contributed by atoms with Crippen LogP contribution in [0.2, 0.25) is 0 Å². The average Bonchev–Trinajstić information content (AvgIpc) is 2.30. The molecule has 0 aliphatic carbocycles. The molecule has 0 spiro atoms. The number of aryl methyl sites for hydroxylation is 1. The van der Waals surface area contributed by atoms with Gasteiger partial charge in [0.15, 0.2) is 0 Å². The zero-order valence-electron chi connectivity index (χ0n) is 8.57. The molecular weight excluding hydrogens is 182 g/mol. The predicted octanol–water partition coefficient (Wildman–Crippen LogP) is 3.04. The highest BCUT2D eigenvalue weighted by atomic mass is 14.6. The summed E-state index contributed by atoms with van der Waals surface area (Å²) >= 11 is 0. The fourth-order valence-corrected chi connectivity index (χ4v) is 1.42. The van der Waals surface area contributed by atoms with Crippen molar-refractivity contribution < 1.29 is 0 Å². The number of hydrogen-bond donors (Lipinski definition) is 0. The van der Waals surface area contributed by atoms with E-state index in [0.717, 1.165) is 16.7 Å². The van der Waals surface area contributed by atoms with E-state index in [1.165, 1.54) is 5.56 Å². The first-order chi connectivity index (χ1) is 7.29. The Labute approximate surface area is 89.8 Å². The smallest absolute Gasteiger partial charge is 0.0432 e. The average molecular weight is 193 g/mol. The molecule has 1 nitrogen and oxygen atoms in total. The van der Waals surface area contributed by atoms with Crippen LogP contribution in [0.15, 0.2) is 42.7 Å². The lowest BCUT2D eigenvalue weighted by Crippen LogP contribution is -1.83. The monoisotopic (exact) mass is 193 g/mol. The number of terminal acetylenes is 1. The van der Waals surface area contributed by atoms with Gasteiger partial charge in [0.2, 0.25) is 0 Å². The second kappa shape index (κ2) is 3.98. The molecule has 1 heterocycles. The van der Waals surface area contributed by atoms with Crippen LogP contribution in [-0.4, -0.2) is 4.98 Å². The summed E-state index contributed by atoms with van der Waals surface area (Å²) < 4.78 is 0. The Kier molecular flexibility index (Phi) is 2.51. The summed E-state index contributed by atoms with van der Waals surface area (Å²) in [4.78, 5) is 4.11. The van der Waals surface area contributed by atoms with Crippen molar-refractivity contribution in [1.29, 1.82) is 0 Å². The van der Waals surface area contributed by atoms with Crippen molar-refractivity contribution in [3.05, 3.63) is 53.9 Å². The highest BCUT2D eigenvalue weighted by molar-refractivity contribution is 5.64. The van der Waals surface area contributed by atoms with Gasteiger partial charge >= 0.3 is 0 Å². The Balaban J connectivity index is 2.46. The summed E-state index contributed by atoms with van der Waals surface area (Å²) in [5, 5.41) is 0. The van der Waals surface area contributed by atoms with Crippen LogP contribution in [0.1, 0.15) is 11.1 Å². The fraction of sp³-hybridized carbons (Fsp3) is 0.0714. The third-order valence-corrected chi connectivity index (χ3v) is 2.29. The first-order valence-electron chi connectivity index (χ1n) is 4.78. The standard InChI is InChI=1S/C14H11N/c1-3-12-8-14(10-15-9-12)13-6-4-11(2)5-7-13/h1,4-10H,2H3. The summed E-state index contributed by atoms with van der Waals surface area (Å²) in [5.41, 5.74) is 4.27. The van der Waals surface area contributed by atoms with Crippen molar-refractivity contribution in [1.82, 2.24) is 4.98 Å². The topological polar surface area (TPSA) is 12.9 Å². The van der Waals surface area contributed by atoms with Crippen LogP contribution >= 0.6 is 0 Å². The van der Waals surface area contributed by atoms with E-state index in [9.17, 15) is 0 Å². The summed E-state index contributed by atoms with van der Waals surface area (Å²) in [5.74, 6) is 2.59. The van der Waals surface area contributed by atoms with Crippen molar-refractivity contribution in [2.75, 3.05) is 0 Å². The summed E-state index contributed by atoms with van der Waals surface area (Å²) in [6.07, 6.45) is 8.85.